The average molecular weight is 329 g/mol. The lowest BCUT2D eigenvalue weighted by Gasteiger charge is -2.24. The van der Waals surface area contributed by atoms with Crippen molar-refractivity contribution in [1.29, 1.82) is 0 Å². The van der Waals surface area contributed by atoms with Crippen LogP contribution in [0.15, 0.2) is 30.3 Å². The lowest BCUT2D eigenvalue weighted by atomic mass is 9.96. The summed E-state index contributed by atoms with van der Waals surface area (Å²) in [4.78, 5) is 11.1. The van der Waals surface area contributed by atoms with Gasteiger partial charge in [-0.1, -0.05) is 60.1 Å². The van der Waals surface area contributed by atoms with Gasteiger partial charge >= 0.3 is 5.97 Å². The molecule has 0 radical (unpaired) electrons. The zero-order valence-corrected chi connectivity index (χ0v) is 13.3. The highest BCUT2D eigenvalue weighted by Gasteiger charge is 2.22. The van der Waals surface area contributed by atoms with Gasteiger partial charge in [0.1, 0.15) is 4.83 Å². The van der Waals surface area contributed by atoms with Gasteiger partial charge in [0.25, 0.3) is 0 Å². The summed E-state index contributed by atoms with van der Waals surface area (Å²) in [5, 5.41) is 0. The van der Waals surface area contributed by atoms with Crippen molar-refractivity contribution < 1.29 is 14.3 Å². The molecule has 0 spiro atoms. The zero-order chi connectivity index (χ0) is 14.3. The van der Waals surface area contributed by atoms with Crippen LogP contribution >= 0.6 is 15.9 Å². The number of carbonyl (C=O) groups excluding carboxylic acids is 1. The average Bonchev–Trinajstić information content (AvgIpc) is 2.37. The number of alkyl halides is 1. The van der Waals surface area contributed by atoms with Crippen molar-refractivity contribution in [2.75, 3.05) is 13.2 Å². The van der Waals surface area contributed by atoms with E-state index in [0.29, 0.717) is 19.8 Å². The second-order valence-corrected chi connectivity index (χ2v) is 6.74. The summed E-state index contributed by atoms with van der Waals surface area (Å²) in [7, 11) is 0. The van der Waals surface area contributed by atoms with Gasteiger partial charge in [-0.2, -0.15) is 0 Å². The van der Waals surface area contributed by atoms with Crippen molar-refractivity contribution in [3.05, 3.63) is 35.9 Å². The lowest BCUT2D eigenvalue weighted by molar-refractivity contribution is -0.146. The van der Waals surface area contributed by atoms with E-state index in [0.717, 1.165) is 5.56 Å². The molecule has 0 aromatic heterocycles. The van der Waals surface area contributed by atoms with Crippen molar-refractivity contribution in [3.8, 4) is 0 Å². The van der Waals surface area contributed by atoms with E-state index in [9.17, 15) is 4.79 Å². The van der Waals surface area contributed by atoms with Crippen LogP contribution in [0.4, 0.5) is 0 Å². The molecule has 1 aromatic carbocycles. The van der Waals surface area contributed by atoms with Gasteiger partial charge in [0.2, 0.25) is 0 Å². The fraction of sp³-hybridized carbons (Fsp3) is 0.533. The molecule has 0 heterocycles. The normalized spacial score (nSPS) is 13.1. The van der Waals surface area contributed by atoms with E-state index in [-0.39, 0.29) is 16.2 Å². The maximum Gasteiger partial charge on any atom is 0.319 e. The van der Waals surface area contributed by atoms with E-state index in [4.69, 9.17) is 9.47 Å². The van der Waals surface area contributed by atoms with Crippen molar-refractivity contribution in [2.24, 2.45) is 5.41 Å². The predicted octanol–water partition coefficient (Wildman–Crippen LogP) is 3.56. The van der Waals surface area contributed by atoms with Crippen molar-refractivity contribution in [2.45, 2.75) is 32.2 Å². The maximum atomic E-state index is 11.4. The Bertz CT molecular complexity index is 388. The Morgan fingerprint density at radius 3 is 2.47 bits per heavy atom. The molecule has 0 saturated carbocycles. The van der Waals surface area contributed by atoms with Crippen LogP contribution in [0.2, 0.25) is 0 Å². The summed E-state index contributed by atoms with van der Waals surface area (Å²) in [5.74, 6) is -0.240. The Hall–Kier alpha value is -0.870. The largest absolute Gasteiger partial charge is 0.464 e. The molecule has 1 atom stereocenters. The molecule has 0 N–H and O–H groups in total. The third kappa shape index (κ3) is 6.73. The molecular formula is C15H21BrO3. The molecule has 0 aliphatic carbocycles. The van der Waals surface area contributed by atoms with Crippen LogP contribution in [0.3, 0.4) is 0 Å². The summed E-state index contributed by atoms with van der Waals surface area (Å²) in [6.07, 6.45) is 0. The second kappa shape index (κ2) is 7.65. The summed E-state index contributed by atoms with van der Waals surface area (Å²) in [6.45, 7) is 7.27. The Labute approximate surface area is 123 Å². The number of rotatable bonds is 7. The molecular weight excluding hydrogens is 308 g/mol. The van der Waals surface area contributed by atoms with Gasteiger partial charge in [-0.15, -0.1) is 0 Å². The zero-order valence-electron chi connectivity index (χ0n) is 11.7. The molecule has 0 fully saturated rings. The van der Waals surface area contributed by atoms with Crippen molar-refractivity contribution in [3.63, 3.8) is 0 Å². The highest BCUT2D eigenvalue weighted by atomic mass is 79.9. The number of ether oxygens (including phenoxy) is 2. The number of halogens is 1. The van der Waals surface area contributed by atoms with E-state index in [2.05, 4.69) is 15.9 Å². The first-order valence-electron chi connectivity index (χ1n) is 6.33. The second-order valence-electron chi connectivity index (χ2n) is 5.37. The first-order chi connectivity index (χ1) is 8.91. The van der Waals surface area contributed by atoms with E-state index < -0.39 is 0 Å². The number of hydrogen-bond donors (Lipinski definition) is 0. The minimum atomic E-state index is -0.270. The molecule has 19 heavy (non-hydrogen) atoms. The molecule has 0 aliphatic heterocycles. The van der Waals surface area contributed by atoms with Crippen LogP contribution in [0.5, 0.6) is 0 Å². The summed E-state index contributed by atoms with van der Waals surface area (Å²) in [5.41, 5.74) is 0.955. The van der Waals surface area contributed by atoms with E-state index >= 15 is 0 Å². The fourth-order valence-corrected chi connectivity index (χ4v) is 1.57. The third-order valence-corrected chi connectivity index (χ3v) is 2.91. The first-order valence-corrected chi connectivity index (χ1v) is 7.25. The Kier molecular flexibility index (Phi) is 6.52. The molecule has 1 unspecified atom stereocenters. The van der Waals surface area contributed by atoms with Gasteiger partial charge in [-0.05, 0) is 12.5 Å². The minimum absolute atomic E-state index is 0.188. The van der Waals surface area contributed by atoms with Crippen LogP contribution in [0.1, 0.15) is 26.3 Å². The molecule has 0 saturated heterocycles. The van der Waals surface area contributed by atoms with Crippen LogP contribution in [-0.2, 0) is 20.9 Å². The first kappa shape index (κ1) is 16.2. The van der Waals surface area contributed by atoms with Crippen molar-refractivity contribution in [1.82, 2.24) is 0 Å². The lowest BCUT2D eigenvalue weighted by Crippen LogP contribution is -2.28. The van der Waals surface area contributed by atoms with E-state index in [1.807, 2.05) is 44.2 Å². The van der Waals surface area contributed by atoms with E-state index in [1.54, 1.807) is 6.92 Å². The highest BCUT2D eigenvalue weighted by molar-refractivity contribution is 9.10. The third-order valence-electron chi connectivity index (χ3n) is 2.53. The number of carbonyl (C=O) groups is 1. The van der Waals surface area contributed by atoms with Gasteiger partial charge in [0.05, 0.1) is 19.8 Å². The van der Waals surface area contributed by atoms with Gasteiger partial charge < -0.3 is 9.47 Å². The molecule has 1 aromatic rings. The SMILES string of the molecule is CC(Br)C(=O)OCC(C)(C)COCc1ccccc1. The minimum Gasteiger partial charge on any atom is -0.464 e. The van der Waals surface area contributed by atoms with Crippen LogP contribution in [0.25, 0.3) is 0 Å². The molecule has 4 heteroatoms. The topological polar surface area (TPSA) is 35.5 Å². The molecule has 1 rings (SSSR count). The monoisotopic (exact) mass is 328 g/mol. The van der Waals surface area contributed by atoms with Gasteiger partial charge in [0.15, 0.2) is 0 Å². The summed E-state index contributed by atoms with van der Waals surface area (Å²) in [6, 6.07) is 10.0. The maximum absolute atomic E-state index is 11.4. The Balaban J connectivity index is 2.28. The summed E-state index contributed by atoms with van der Waals surface area (Å²) >= 11 is 3.18. The van der Waals surface area contributed by atoms with Crippen molar-refractivity contribution >= 4 is 21.9 Å². The summed E-state index contributed by atoms with van der Waals surface area (Å²) < 4.78 is 10.9. The quantitative estimate of drug-likeness (QED) is 0.567. The Morgan fingerprint density at radius 1 is 1.26 bits per heavy atom. The smallest absolute Gasteiger partial charge is 0.319 e. The number of hydrogen-bond acceptors (Lipinski definition) is 3. The van der Waals surface area contributed by atoms with Crippen LogP contribution in [0, 0.1) is 5.41 Å². The Morgan fingerprint density at radius 2 is 1.89 bits per heavy atom. The van der Waals surface area contributed by atoms with E-state index in [1.165, 1.54) is 0 Å². The predicted molar refractivity (Wildman–Crippen MR) is 79.2 cm³/mol. The molecule has 0 amide bonds. The van der Waals surface area contributed by atoms with Crippen LogP contribution in [-0.4, -0.2) is 24.0 Å². The number of esters is 1. The highest BCUT2D eigenvalue weighted by Crippen LogP contribution is 2.18. The molecule has 106 valence electrons. The molecule has 3 nitrogen and oxygen atoms in total. The van der Waals surface area contributed by atoms with Gasteiger partial charge in [-0.3, -0.25) is 4.79 Å². The fourth-order valence-electron chi connectivity index (χ4n) is 1.44. The number of benzene rings is 1. The van der Waals surface area contributed by atoms with Gasteiger partial charge in [0, 0.05) is 5.41 Å². The van der Waals surface area contributed by atoms with Crippen LogP contribution < -0.4 is 0 Å². The standard InChI is InChI=1S/C15H21BrO3/c1-12(16)14(17)19-11-15(2,3)10-18-9-13-7-5-4-6-8-13/h4-8,12H,9-11H2,1-3H3. The molecule has 0 bridgehead atoms. The van der Waals surface area contributed by atoms with Gasteiger partial charge in [-0.25, -0.2) is 0 Å². The molecule has 0 aliphatic rings.